The molecule has 4 aromatic carbocycles. The normalized spacial score (nSPS) is 19.3. The van der Waals surface area contributed by atoms with Crippen LogP contribution in [0, 0.1) is 0 Å². The van der Waals surface area contributed by atoms with E-state index in [0.717, 1.165) is 32.1 Å². The Morgan fingerprint density at radius 1 is 0.729 bits per heavy atom. The predicted molar refractivity (Wildman–Crippen MR) is 202 cm³/mol. The van der Waals surface area contributed by atoms with Crippen molar-refractivity contribution in [1.82, 2.24) is 0 Å². The van der Waals surface area contributed by atoms with Gasteiger partial charge in [0.05, 0.1) is 21.9 Å². The van der Waals surface area contributed by atoms with Crippen molar-refractivity contribution in [2.75, 3.05) is 0 Å². The fourth-order valence-corrected chi connectivity index (χ4v) is 9.47. The van der Waals surface area contributed by atoms with Crippen LogP contribution in [0.25, 0.3) is 44.1 Å². The van der Waals surface area contributed by atoms with Crippen LogP contribution < -0.4 is 9.13 Å². The van der Waals surface area contributed by atoms with E-state index < -0.39 is 0 Å². The summed E-state index contributed by atoms with van der Waals surface area (Å²) >= 11 is 0. The first-order valence-electron chi connectivity index (χ1n) is 18.4. The van der Waals surface area contributed by atoms with E-state index in [1.807, 2.05) is 0 Å². The Morgan fingerprint density at radius 3 is 2.31 bits per heavy atom. The third-order valence-electron chi connectivity index (χ3n) is 11.9. The van der Waals surface area contributed by atoms with E-state index in [1.165, 1.54) is 73.6 Å². The SMILES string of the molecule is CCCCc1ccc2c3[n+](ccc2c1)C(C)(CCC)C(CC)(CC(C)c1ccc2ccccc2c1-c1cccc[n+]1C)c1ccccc1-3. The molecule has 1 aliphatic rings. The van der Waals surface area contributed by atoms with Crippen LogP contribution in [0.1, 0.15) is 95.8 Å². The smallest absolute Gasteiger partial charge is 0.201 e. The topological polar surface area (TPSA) is 7.76 Å². The molecule has 7 rings (SSSR count). The monoisotopic (exact) mass is 632 g/mol. The van der Waals surface area contributed by atoms with Gasteiger partial charge < -0.3 is 0 Å². The summed E-state index contributed by atoms with van der Waals surface area (Å²) in [6, 6.07) is 39.3. The number of pyridine rings is 2. The minimum atomic E-state index is -0.0993. The summed E-state index contributed by atoms with van der Waals surface area (Å²) in [5.41, 5.74) is 9.68. The summed E-state index contributed by atoms with van der Waals surface area (Å²) in [5.74, 6) is 0.331. The van der Waals surface area contributed by atoms with Gasteiger partial charge in [-0.1, -0.05) is 101 Å². The van der Waals surface area contributed by atoms with Crippen molar-refractivity contribution in [1.29, 1.82) is 0 Å². The van der Waals surface area contributed by atoms with Gasteiger partial charge in [0, 0.05) is 31.5 Å². The molecule has 0 aliphatic carbocycles. The van der Waals surface area contributed by atoms with E-state index in [-0.39, 0.29) is 11.0 Å². The van der Waals surface area contributed by atoms with Gasteiger partial charge >= 0.3 is 0 Å². The molecule has 0 fully saturated rings. The summed E-state index contributed by atoms with van der Waals surface area (Å²) in [7, 11) is 2.18. The number of fused-ring (bicyclic) bond motifs is 6. The van der Waals surface area contributed by atoms with Crippen molar-refractivity contribution in [2.45, 2.75) is 96.4 Å². The molecular formula is C46H52N2+2. The molecule has 0 amide bonds. The molecule has 3 heterocycles. The largest absolute Gasteiger partial charge is 0.221 e. The molecule has 244 valence electrons. The van der Waals surface area contributed by atoms with Crippen molar-refractivity contribution < 1.29 is 9.13 Å². The van der Waals surface area contributed by atoms with Gasteiger partial charge in [-0.25, -0.2) is 4.57 Å². The number of aryl methyl sites for hydroxylation is 2. The Bertz CT molecular complexity index is 2110. The highest BCUT2D eigenvalue weighted by atomic mass is 15.1. The maximum Gasteiger partial charge on any atom is 0.221 e. The fraction of sp³-hybridized carbons (Fsp3) is 0.348. The third-order valence-corrected chi connectivity index (χ3v) is 11.9. The number of benzene rings is 4. The van der Waals surface area contributed by atoms with Crippen molar-refractivity contribution in [3.05, 3.63) is 132 Å². The number of rotatable bonds is 10. The van der Waals surface area contributed by atoms with Crippen LogP contribution in [0.2, 0.25) is 0 Å². The average molecular weight is 633 g/mol. The summed E-state index contributed by atoms with van der Waals surface area (Å²) < 4.78 is 5.00. The van der Waals surface area contributed by atoms with Gasteiger partial charge in [-0.2, -0.15) is 4.57 Å². The lowest BCUT2D eigenvalue weighted by Crippen LogP contribution is -2.68. The first-order valence-corrected chi connectivity index (χ1v) is 18.4. The molecule has 0 spiro atoms. The predicted octanol–water partition coefficient (Wildman–Crippen LogP) is 11.2. The summed E-state index contributed by atoms with van der Waals surface area (Å²) in [6.45, 7) is 12.2. The summed E-state index contributed by atoms with van der Waals surface area (Å²) in [6.07, 6.45) is 12.6. The Labute approximate surface area is 288 Å². The van der Waals surface area contributed by atoms with Crippen molar-refractivity contribution in [3.8, 4) is 22.5 Å². The lowest BCUT2D eigenvalue weighted by atomic mass is 9.55. The van der Waals surface area contributed by atoms with Gasteiger partial charge in [-0.3, -0.25) is 0 Å². The van der Waals surface area contributed by atoms with Crippen LogP contribution in [-0.4, -0.2) is 0 Å². The Kier molecular flexibility index (Phi) is 8.71. The van der Waals surface area contributed by atoms with Crippen LogP contribution in [-0.2, 0) is 24.4 Å². The molecule has 3 unspecified atom stereocenters. The minimum absolute atomic E-state index is 0.0623. The zero-order valence-electron chi connectivity index (χ0n) is 29.9. The first-order chi connectivity index (χ1) is 23.4. The number of aromatic nitrogens is 2. The van der Waals surface area contributed by atoms with Crippen LogP contribution in [0.3, 0.4) is 0 Å². The third kappa shape index (κ3) is 5.07. The highest BCUT2D eigenvalue weighted by Gasteiger charge is 2.60. The molecule has 0 saturated heterocycles. The summed E-state index contributed by atoms with van der Waals surface area (Å²) in [5, 5.41) is 5.36. The minimum Gasteiger partial charge on any atom is -0.201 e. The van der Waals surface area contributed by atoms with Gasteiger partial charge in [-0.15, -0.1) is 0 Å². The molecule has 0 saturated carbocycles. The average Bonchev–Trinajstić information content (AvgIpc) is 3.12. The first kappa shape index (κ1) is 32.3. The maximum atomic E-state index is 2.71. The molecule has 6 aromatic rings. The Balaban J connectivity index is 1.43. The van der Waals surface area contributed by atoms with E-state index in [1.54, 1.807) is 0 Å². The van der Waals surface area contributed by atoms with Crippen molar-refractivity contribution in [2.24, 2.45) is 7.05 Å². The Morgan fingerprint density at radius 2 is 1.52 bits per heavy atom. The van der Waals surface area contributed by atoms with Crippen LogP contribution in [0.4, 0.5) is 0 Å². The van der Waals surface area contributed by atoms with E-state index in [2.05, 4.69) is 166 Å². The van der Waals surface area contributed by atoms with Gasteiger partial charge in [0.2, 0.25) is 11.4 Å². The Hall–Kier alpha value is -4.30. The van der Waals surface area contributed by atoms with Gasteiger partial charge in [-0.05, 0) is 89.1 Å². The maximum absolute atomic E-state index is 2.71. The molecule has 2 heteroatoms. The van der Waals surface area contributed by atoms with E-state index >= 15 is 0 Å². The van der Waals surface area contributed by atoms with E-state index in [9.17, 15) is 0 Å². The number of hydrogen-bond acceptors (Lipinski definition) is 0. The van der Waals surface area contributed by atoms with Crippen molar-refractivity contribution in [3.63, 3.8) is 0 Å². The summed E-state index contributed by atoms with van der Waals surface area (Å²) in [4.78, 5) is 0. The fourth-order valence-electron chi connectivity index (χ4n) is 9.47. The molecule has 2 aromatic heterocycles. The number of hydrogen-bond donors (Lipinski definition) is 0. The van der Waals surface area contributed by atoms with E-state index in [0.29, 0.717) is 5.92 Å². The number of nitrogens with zero attached hydrogens (tertiary/aromatic N) is 2. The molecule has 2 nitrogen and oxygen atoms in total. The van der Waals surface area contributed by atoms with Crippen LogP contribution in [0.15, 0.2) is 116 Å². The second-order valence-corrected chi connectivity index (χ2v) is 14.6. The molecular weight excluding hydrogens is 581 g/mol. The van der Waals surface area contributed by atoms with Crippen molar-refractivity contribution >= 4 is 21.5 Å². The zero-order chi connectivity index (χ0) is 33.5. The van der Waals surface area contributed by atoms with E-state index in [4.69, 9.17) is 0 Å². The van der Waals surface area contributed by atoms with Crippen LogP contribution in [0.5, 0.6) is 0 Å². The van der Waals surface area contributed by atoms with Crippen LogP contribution >= 0.6 is 0 Å². The highest BCUT2D eigenvalue weighted by Crippen LogP contribution is 2.55. The molecule has 0 radical (unpaired) electrons. The zero-order valence-corrected chi connectivity index (χ0v) is 29.9. The van der Waals surface area contributed by atoms with Gasteiger partial charge in [0.1, 0.15) is 7.05 Å². The lowest BCUT2D eigenvalue weighted by Gasteiger charge is -2.50. The molecule has 0 N–H and O–H groups in total. The number of unbranched alkanes of at least 4 members (excludes halogenated alkanes) is 1. The van der Waals surface area contributed by atoms with Gasteiger partial charge in [0.15, 0.2) is 17.9 Å². The molecule has 48 heavy (non-hydrogen) atoms. The quantitative estimate of drug-likeness (QED) is 0.133. The second-order valence-electron chi connectivity index (χ2n) is 14.6. The van der Waals surface area contributed by atoms with Gasteiger partial charge in [0.25, 0.3) is 0 Å². The second kappa shape index (κ2) is 13.0. The molecule has 1 aliphatic heterocycles. The standard InChI is InChI=1S/C46H52N2/c1-7-10-17-34-23-25-39-36(31-34)27-30-48-44(39)40-20-13-14-21-41(40)46(9-3,45(48,5)28-8-2)32-33(4)37-26-24-35-18-11-12-19-38(35)43(37)42-22-15-16-29-47(42)6/h11-16,18-27,29-31,33H,7-10,17,28,32H2,1-6H3/q+2. The molecule has 3 atom stereocenters. The highest BCUT2D eigenvalue weighted by molar-refractivity contribution is 5.97. The lowest BCUT2D eigenvalue weighted by molar-refractivity contribution is -0.765. The molecule has 0 bridgehead atoms.